The SMILES string of the molecule is COCCN1CCCC2(CCC(=O)N(CCc3ccccn3)C2)C1. The van der Waals surface area contributed by atoms with Gasteiger partial charge in [-0.25, -0.2) is 0 Å². The highest BCUT2D eigenvalue weighted by molar-refractivity contribution is 5.77. The molecule has 1 spiro atoms. The van der Waals surface area contributed by atoms with Crippen LogP contribution in [0.25, 0.3) is 0 Å². The first-order valence-corrected chi connectivity index (χ1v) is 9.10. The molecule has 5 heteroatoms. The number of ether oxygens (including phenoxy) is 1. The van der Waals surface area contributed by atoms with Crippen molar-refractivity contribution in [2.24, 2.45) is 5.41 Å². The van der Waals surface area contributed by atoms with E-state index in [-0.39, 0.29) is 5.41 Å². The quantitative estimate of drug-likeness (QED) is 0.800. The predicted molar refractivity (Wildman–Crippen MR) is 93.7 cm³/mol. The number of nitrogens with zero attached hydrogens (tertiary/aromatic N) is 3. The summed E-state index contributed by atoms with van der Waals surface area (Å²) < 4.78 is 5.23. The lowest BCUT2D eigenvalue weighted by atomic mass is 9.73. The fourth-order valence-electron chi connectivity index (χ4n) is 4.16. The van der Waals surface area contributed by atoms with Gasteiger partial charge in [0.2, 0.25) is 5.91 Å². The summed E-state index contributed by atoms with van der Waals surface area (Å²) in [5, 5.41) is 0. The van der Waals surface area contributed by atoms with Crippen LogP contribution >= 0.6 is 0 Å². The van der Waals surface area contributed by atoms with E-state index in [1.54, 1.807) is 7.11 Å². The molecule has 132 valence electrons. The van der Waals surface area contributed by atoms with Crippen molar-refractivity contribution in [2.75, 3.05) is 46.4 Å². The topological polar surface area (TPSA) is 45.7 Å². The highest BCUT2D eigenvalue weighted by atomic mass is 16.5. The van der Waals surface area contributed by atoms with E-state index >= 15 is 0 Å². The van der Waals surface area contributed by atoms with Crippen LogP contribution in [0.4, 0.5) is 0 Å². The first-order chi connectivity index (χ1) is 11.7. The van der Waals surface area contributed by atoms with E-state index < -0.39 is 0 Å². The molecule has 1 aromatic rings. The van der Waals surface area contributed by atoms with E-state index in [0.717, 1.165) is 57.9 Å². The summed E-state index contributed by atoms with van der Waals surface area (Å²) in [7, 11) is 1.76. The van der Waals surface area contributed by atoms with Crippen LogP contribution in [-0.2, 0) is 16.0 Å². The molecule has 5 nitrogen and oxygen atoms in total. The number of piperidine rings is 2. The van der Waals surface area contributed by atoms with Gasteiger partial charge in [-0.3, -0.25) is 9.78 Å². The van der Waals surface area contributed by atoms with E-state index in [0.29, 0.717) is 12.3 Å². The van der Waals surface area contributed by atoms with Gasteiger partial charge in [0.15, 0.2) is 0 Å². The third kappa shape index (κ3) is 4.33. The predicted octanol–water partition coefficient (Wildman–Crippen LogP) is 1.98. The third-order valence-corrected chi connectivity index (χ3v) is 5.46. The van der Waals surface area contributed by atoms with Crippen molar-refractivity contribution >= 4 is 5.91 Å². The Hall–Kier alpha value is -1.46. The van der Waals surface area contributed by atoms with Gasteiger partial charge in [0, 0.05) is 63.4 Å². The summed E-state index contributed by atoms with van der Waals surface area (Å²) >= 11 is 0. The molecule has 1 aromatic heterocycles. The van der Waals surface area contributed by atoms with Crippen LogP contribution in [-0.4, -0.2) is 67.1 Å². The Bertz CT molecular complexity index is 537. The second kappa shape index (κ2) is 8.08. The maximum absolute atomic E-state index is 12.4. The molecule has 1 unspecified atom stereocenters. The van der Waals surface area contributed by atoms with Crippen LogP contribution in [0.5, 0.6) is 0 Å². The number of carbonyl (C=O) groups excluding carboxylic acids is 1. The molecule has 2 saturated heterocycles. The van der Waals surface area contributed by atoms with Crippen molar-refractivity contribution in [2.45, 2.75) is 32.1 Å². The molecule has 3 rings (SSSR count). The number of methoxy groups -OCH3 is 1. The van der Waals surface area contributed by atoms with Crippen LogP contribution in [0.2, 0.25) is 0 Å². The van der Waals surface area contributed by atoms with Gasteiger partial charge >= 0.3 is 0 Å². The van der Waals surface area contributed by atoms with Crippen LogP contribution < -0.4 is 0 Å². The van der Waals surface area contributed by atoms with Gasteiger partial charge in [-0.2, -0.15) is 0 Å². The minimum absolute atomic E-state index is 0.282. The lowest BCUT2D eigenvalue weighted by Crippen LogP contribution is -2.54. The molecule has 0 aliphatic carbocycles. The van der Waals surface area contributed by atoms with Gasteiger partial charge in [0.05, 0.1) is 6.61 Å². The highest BCUT2D eigenvalue weighted by Crippen LogP contribution is 2.38. The van der Waals surface area contributed by atoms with E-state index in [1.807, 2.05) is 24.4 Å². The molecule has 2 aliphatic rings. The fourth-order valence-corrected chi connectivity index (χ4v) is 4.16. The summed E-state index contributed by atoms with van der Waals surface area (Å²) in [6.07, 6.45) is 6.87. The van der Waals surface area contributed by atoms with Gasteiger partial charge in [-0.1, -0.05) is 6.07 Å². The zero-order valence-electron chi connectivity index (χ0n) is 14.7. The molecular weight excluding hydrogens is 302 g/mol. The third-order valence-electron chi connectivity index (χ3n) is 5.46. The molecule has 24 heavy (non-hydrogen) atoms. The van der Waals surface area contributed by atoms with Gasteiger partial charge < -0.3 is 14.5 Å². The minimum atomic E-state index is 0.282. The Morgan fingerprint density at radius 3 is 2.96 bits per heavy atom. The summed E-state index contributed by atoms with van der Waals surface area (Å²) in [4.78, 5) is 21.3. The first-order valence-electron chi connectivity index (χ1n) is 9.10. The van der Waals surface area contributed by atoms with E-state index in [2.05, 4.69) is 14.8 Å². The van der Waals surface area contributed by atoms with Gasteiger partial charge in [0.25, 0.3) is 0 Å². The summed E-state index contributed by atoms with van der Waals surface area (Å²) in [6.45, 7) is 5.74. The standard InChI is InChI=1S/C19H29N3O2/c1-24-14-13-21-11-4-8-19(15-21)9-6-18(23)22(16-19)12-7-17-5-2-3-10-20-17/h2-3,5,10H,4,6-9,11-16H2,1H3. The average Bonchev–Trinajstić information content (AvgIpc) is 2.62. The van der Waals surface area contributed by atoms with Crippen molar-refractivity contribution in [1.29, 1.82) is 0 Å². The zero-order chi connectivity index (χ0) is 16.8. The number of carbonyl (C=O) groups is 1. The van der Waals surface area contributed by atoms with Crippen LogP contribution in [0.3, 0.4) is 0 Å². The molecule has 1 amide bonds. The number of likely N-dealkylation sites (tertiary alicyclic amines) is 2. The number of hydrogen-bond donors (Lipinski definition) is 0. The highest BCUT2D eigenvalue weighted by Gasteiger charge is 2.41. The molecule has 0 bridgehead atoms. The molecule has 2 aliphatic heterocycles. The molecule has 1 atom stereocenters. The van der Waals surface area contributed by atoms with Crippen molar-refractivity contribution in [3.05, 3.63) is 30.1 Å². The van der Waals surface area contributed by atoms with E-state index in [4.69, 9.17) is 4.74 Å². The number of pyridine rings is 1. The second-order valence-electron chi connectivity index (χ2n) is 7.26. The monoisotopic (exact) mass is 331 g/mol. The fraction of sp³-hybridized carbons (Fsp3) is 0.684. The lowest BCUT2D eigenvalue weighted by Gasteiger charge is -2.48. The smallest absolute Gasteiger partial charge is 0.222 e. The first kappa shape index (κ1) is 17.4. The molecule has 0 saturated carbocycles. The summed E-state index contributed by atoms with van der Waals surface area (Å²) in [6, 6.07) is 5.98. The van der Waals surface area contributed by atoms with Crippen LogP contribution in [0.15, 0.2) is 24.4 Å². The van der Waals surface area contributed by atoms with Crippen molar-refractivity contribution in [1.82, 2.24) is 14.8 Å². The minimum Gasteiger partial charge on any atom is -0.383 e. The Labute approximate surface area is 145 Å². The largest absolute Gasteiger partial charge is 0.383 e. The average molecular weight is 331 g/mol. The lowest BCUT2D eigenvalue weighted by molar-refractivity contribution is -0.139. The number of aromatic nitrogens is 1. The number of rotatable bonds is 6. The van der Waals surface area contributed by atoms with Crippen LogP contribution in [0, 0.1) is 5.41 Å². The molecule has 0 N–H and O–H groups in total. The Morgan fingerprint density at radius 2 is 2.17 bits per heavy atom. The summed E-state index contributed by atoms with van der Waals surface area (Å²) in [5.74, 6) is 0.311. The molecule has 0 radical (unpaired) electrons. The second-order valence-corrected chi connectivity index (χ2v) is 7.26. The van der Waals surface area contributed by atoms with E-state index in [9.17, 15) is 4.79 Å². The van der Waals surface area contributed by atoms with E-state index in [1.165, 1.54) is 12.8 Å². The van der Waals surface area contributed by atoms with Crippen molar-refractivity contribution in [3.8, 4) is 0 Å². The van der Waals surface area contributed by atoms with Gasteiger partial charge in [0.1, 0.15) is 0 Å². The summed E-state index contributed by atoms with van der Waals surface area (Å²) in [5.41, 5.74) is 1.35. The Balaban J connectivity index is 1.58. The zero-order valence-corrected chi connectivity index (χ0v) is 14.7. The van der Waals surface area contributed by atoms with Crippen molar-refractivity contribution in [3.63, 3.8) is 0 Å². The molecule has 2 fully saturated rings. The van der Waals surface area contributed by atoms with Crippen molar-refractivity contribution < 1.29 is 9.53 Å². The normalized spacial score (nSPS) is 25.4. The molecular formula is C19H29N3O2. The number of hydrogen-bond acceptors (Lipinski definition) is 4. The van der Waals surface area contributed by atoms with Gasteiger partial charge in [-0.15, -0.1) is 0 Å². The Morgan fingerprint density at radius 1 is 1.25 bits per heavy atom. The maximum atomic E-state index is 12.4. The molecule has 3 heterocycles. The van der Waals surface area contributed by atoms with Gasteiger partial charge in [-0.05, 0) is 37.9 Å². The number of amides is 1. The Kier molecular flexibility index (Phi) is 5.85. The molecule has 0 aromatic carbocycles. The van der Waals surface area contributed by atoms with Crippen LogP contribution in [0.1, 0.15) is 31.4 Å². The maximum Gasteiger partial charge on any atom is 0.222 e.